The molecule has 0 aliphatic rings. The maximum atomic E-state index is 12.4. The second-order valence-electron chi connectivity index (χ2n) is 4.87. The van der Waals surface area contributed by atoms with Gasteiger partial charge in [-0.3, -0.25) is 4.79 Å². The third-order valence-corrected chi connectivity index (χ3v) is 3.83. The monoisotopic (exact) mass is 347 g/mol. The molecule has 0 aliphatic heterocycles. The molecule has 110 valence electrons. The van der Waals surface area contributed by atoms with Crippen LogP contribution in [0.2, 0.25) is 0 Å². The third kappa shape index (κ3) is 4.33. The van der Waals surface area contributed by atoms with E-state index in [9.17, 15) is 4.79 Å². The number of rotatable bonds is 5. The average Bonchev–Trinajstić information content (AvgIpc) is 2.50. The van der Waals surface area contributed by atoms with Gasteiger partial charge >= 0.3 is 0 Å². The van der Waals surface area contributed by atoms with E-state index in [0.717, 1.165) is 15.8 Å². The Kier molecular flexibility index (Phi) is 5.39. The van der Waals surface area contributed by atoms with Gasteiger partial charge in [-0.2, -0.15) is 0 Å². The first-order valence-corrected chi connectivity index (χ1v) is 7.56. The Morgan fingerprint density at radius 2 is 1.90 bits per heavy atom. The Morgan fingerprint density at radius 3 is 2.62 bits per heavy atom. The highest BCUT2D eigenvalue weighted by Crippen LogP contribution is 2.19. The van der Waals surface area contributed by atoms with Crippen LogP contribution in [0.4, 0.5) is 0 Å². The first kappa shape index (κ1) is 15.6. The van der Waals surface area contributed by atoms with Gasteiger partial charge in [0.2, 0.25) is 0 Å². The van der Waals surface area contributed by atoms with Gasteiger partial charge in [0.05, 0.1) is 12.1 Å². The van der Waals surface area contributed by atoms with Crippen LogP contribution in [0.15, 0.2) is 53.0 Å². The van der Waals surface area contributed by atoms with Crippen LogP contribution in [0.5, 0.6) is 5.75 Å². The summed E-state index contributed by atoms with van der Waals surface area (Å²) < 4.78 is 6.42. The molecule has 0 spiro atoms. The highest BCUT2D eigenvalue weighted by molar-refractivity contribution is 9.10. The molecule has 0 saturated heterocycles. The van der Waals surface area contributed by atoms with Crippen LogP contribution in [0.1, 0.15) is 15.9 Å². The molecular formula is C17H18BrNO2. The van der Waals surface area contributed by atoms with Crippen molar-refractivity contribution < 1.29 is 9.53 Å². The average molecular weight is 348 g/mol. The minimum absolute atomic E-state index is 0.0118. The van der Waals surface area contributed by atoms with Crippen molar-refractivity contribution in [3.63, 3.8) is 0 Å². The van der Waals surface area contributed by atoms with Crippen LogP contribution < -0.4 is 4.74 Å². The maximum Gasteiger partial charge on any atom is 0.254 e. The Hall–Kier alpha value is -1.81. The minimum Gasteiger partial charge on any atom is -0.492 e. The summed E-state index contributed by atoms with van der Waals surface area (Å²) in [6.07, 6.45) is 0. The van der Waals surface area contributed by atoms with E-state index in [4.69, 9.17) is 4.74 Å². The van der Waals surface area contributed by atoms with Crippen LogP contribution in [-0.2, 0) is 0 Å². The van der Waals surface area contributed by atoms with E-state index in [0.29, 0.717) is 18.7 Å². The van der Waals surface area contributed by atoms with Gasteiger partial charge in [-0.25, -0.2) is 0 Å². The van der Waals surface area contributed by atoms with E-state index in [2.05, 4.69) is 15.9 Å². The molecule has 0 radical (unpaired) electrons. The highest BCUT2D eigenvalue weighted by Gasteiger charge is 2.14. The van der Waals surface area contributed by atoms with Gasteiger partial charge in [0.25, 0.3) is 5.91 Å². The van der Waals surface area contributed by atoms with Crippen molar-refractivity contribution in [2.75, 3.05) is 20.2 Å². The number of halogens is 1. The van der Waals surface area contributed by atoms with Crippen molar-refractivity contribution in [1.29, 1.82) is 0 Å². The smallest absolute Gasteiger partial charge is 0.254 e. The number of carbonyl (C=O) groups is 1. The van der Waals surface area contributed by atoms with Gasteiger partial charge in [0.15, 0.2) is 0 Å². The van der Waals surface area contributed by atoms with Crippen molar-refractivity contribution >= 4 is 21.8 Å². The first-order valence-electron chi connectivity index (χ1n) is 6.77. The lowest BCUT2D eigenvalue weighted by molar-refractivity contribution is 0.0773. The molecule has 0 heterocycles. The summed E-state index contributed by atoms with van der Waals surface area (Å²) in [5.74, 6) is 0.803. The molecule has 2 aromatic rings. The van der Waals surface area contributed by atoms with E-state index >= 15 is 0 Å². The number of likely N-dealkylation sites (N-methyl/N-ethyl adjacent to an activating group) is 1. The lowest BCUT2D eigenvalue weighted by atomic mass is 10.1. The van der Waals surface area contributed by atoms with Gasteiger partial charge in [-0.15, -0.1) is 0 Å². The Labute approximate surface area is 133 Å². The van der Waals surface area contributed by atoms with Crippen molar-refractivity contribution in [1.82, 2.24) is 4.90 Å². The number of hydrogen-bond acceptors (Lipinski definition) is 2. The van der Waals surface area contributed by atoms with E-state index in [1.54, 1.807) is 11.9 Å². The third-order valence-electron chi connectivity index (χ3n) is 3.14. The zero-order valence-corrected chi connectivity index (χ0v) is 13.8. The van der Waals surface area contributed by atoms with Crippen molar-refractivity contribution in [2.24, 2.45) is 0 Å². The van der Waals surface area contributed by atoms with Crippen LogP contribution >= 0.6 is 15.9 Å². The summed E-state index contributed by atoms with van der Waals surface area (Å²) in [6.45, 7) is 2.98. The Balaban J connectivity index is 1.92. The first-order chi connectivity index (χ1) is 10.1. The number of aryl methyl sites for hydroxylation is 1. The summed E-state index contributed by atoms with van der Waals surface area (Å²) in [7, 11) is 1.78. The zero-order valence-electron chi connectivity index (χ0n) is 12.2. The fraction of sp³-hybridized carbons (Fsp3) is 0.235. The second kappa shape index (κ2) is 7.27. The Morgan fingerprint density at radius 1 is 1.19 bits per heavy atom. The molecule has 0 saturated carbocycles. The molecule has 21 heavy (non-hydrogen) atoms. The van der Waals surface area contributed by atoms with Crippen molar-refractivity contribution in [2.45, 2.75) is 6.92 Å². The van der Waals surface area contributed by atoms with Crippen LogP contribution in [0.3, 0.4) is 0 Å². The molecular weight excluding hydrogens is 330 g/mol. The zero-order chi connectivity index (χ0) is 15.2. The number of ether oxygens (including phenoxy) is 1. The molecule has 3 nitrogen and oxygen atoms in total. The van der Waals surface area contributed by atoms with Crippen molar-refractivity contribution in [3.8, 4) is 5.75 Å². The van der Waals surface area contributed by atoms with Gasteiger partial charge < -0.3 is 9.64 Å². The molecule has 4 heteroatoms. The molecule has 0 bridgehead atoms. The largest absolute Gasteiger partial charge is 0.492 e. The number of carbonyl (C=O) groups excluding carboxylic acids is 1. The fourth-order valence-corrected chi connectivity index (χ4v) is 2.34. The number of hydrogen-bond donors (Lipinski definition) is 0. The minimum atomic E-state index is -0.0118. The van der Waals surface area contributed by atoms with Gasteiger partial charge in [-0.1, -0.05) is 29.8 Å². The topological polar surface area (TPSA) is 29.5 Å². The van der Waals surface area contributed by atoms with Crippen LogP contribution in [-0.4, -0.2) is 31.0 Å². The lowest BCUT2D eigenvalue weighted by Crippen LogP contribution is -2.31. The van der Waals surface area contributed by atoms with E-state index in [1.807, 2.05) is 55.5 Å². The number of para-hydroxylation sites is 1. The molecule has 0 fully saturated rings. The molecule has 1 amide bonds. The molecule has 2 aromatic carbocycles. The summed E-state index contributed by atoms with van der Waals surface area (Å²) >= 11 is 3.43. The molecule has 0 N–H and O–H groups in total. The molecule has 0 aliphatic carbocycles. The van der Waals surface area contributed by atoms with Crippen LogP contribution in [0, 0.1) is 6.92 Å². The molecule has 0 atom stereocenters. The lowest BCUT2D eigenvalue weighted by Gasteiger charge is -2.18. The predicted octanol–water partition coefficient (Wildman–Crippen LogP) is 3.91. The summed E-state index contributed by atoms with van der Waals surface area (Å²) in [4.78, 5) is 14.1. The quantitative estimate of drug-likeness (QED) is 0.820. The van der Waals surface area contributed by atoms with Gasteiger partial charge in [0, 0.05) is 11.5 Å². The fourth-order valence-electron chi connectivity index (χ4n) is 1.93. The summed E-state index contributed by atoms with van der Waals surface area (Å²) in [5, 5.41) is 0. The SMILES string of the molecule is Cc1ccc(Br)c(C(=O)N(C)CCOc2ccccc2)c1. The highest BCUT2D eigenvalue weighted by atomic mass is 79.9. The van der Waals surface area contributed by atoms with Gasteiger partial charge in [-0.05, 0) is 47.1 Å². The standard InChI is InChI=1S/C17H18BrNO2/c1-13-8-9-16(18)15(12-13)17(20)19(2)10-11-21-14-6-4-3-5-7-14/h3-9,12H,10-11H2,1-2H3. The van der Waals surface area contributed by atoms with E-state index in [-0.39, 0.29) is 5.91 Å². The van der Waals surface area contributed by atoms with Crippen LogP contribution in [0.25, 0.3) is 0 Å². The number of nitrogens with zero attached hydrogens (tertiary/aromatic N) is 1. The predicted molar refractivity (Wildman–Crippen MR) is 87.8 cm³/mol. The van der Waals surface area contributed by atoms with Crippen molar-refractivity contribution in [3.05, 3.63) is 64.1 Å². The summed E-state index contributed by atoms with van der Waals surface area (Å²) in [5.41, 5.74) is 1.74. The van der Waals surface area contributed by atoms with E-state index < -0.39 is 0 Å². The second-order valence-corrected chi connectivity index (χ2v) is 5.73. The Bertz CT molecular complexity index is 613. The van der Waals surface area contributed by atoms with Gasteiger partial charge in [0.1, 0.15) is 12.4 Å². The number of amides is 1. The molecule has 2 rings (SSSR count). The molecule has 0 unspecified atom stereocenters. The summed E-state index contributed by atoms with van der Waals surface area (Å²) in [6, 6.07) is 15.4. The number of benzene rings is 2. The molecule has 0 aromatic heterocycles. The van der Waals surface area contributed by atoms with E-state index in [1.165, 1.54) is 0 Å². The maximum absolute atomic E-state index is 12.4. The normalized spacial score (nSPS) is 10.2.